The standard InChI is InChI=1S/C30H18GeN4S4/c1-31(2)20-14-24(26-18-10-6-4-8-16(18)12-22-28(26)35-39-33-22)36-29(20)19-13-23(37-30(19)31)25-17-9-5-3-7-15(17)11-21-27(25)34-38-32-21/h3-14H,1-2H3. The quantitative estimate of drug-likeness (QED) is 0.180. The van der Waals surface area contributed by atoms with Crippen molar-refractivity contribution in [3.8, 4) is 31.3 Å². The van der Waals surface area contributed by atoms with E-state index in [1.54, 1.807) is 8.11 Å². The van der Waals surface area contributed by atoms with E-state index in [-0.39, 0.29) is 0 Å². The minimum absolute atomic E-state index is 0.985. The van der Waals surface area contributed by atoms with E-state index in [1.807, 2.05) is 22.7 Å². The van der Waals surface area contributed by atoms with Gasteiger partial charge >= 0.3 is 244 Å². The first-order chi connectivity index (χ1) is 19.1. The molecule has 186 valence electrons. The molecule has 9 rings (SSSR count). The Hall–Kier alpha value is -3.02. The molecule has 1 aliphatic rings. The predicted octanol–water partition coefficient (Wildman–Crippen LogP) is 8.26. The number of thiophene rings is 2. The zero-order chi connectivity index (χ0) is 25.9. The number of benzene rings is 4. The van der Waals surface area contributed by atoms with Crippen molar-refractivity contribution < 1.29 is 0 Å². The van der Waals surface area contributed by atoms with Crippen molar-refractivity contribution in [3.05, 3.63) is 72.8 Å². The zero-order valence-electron chi connectivity index (χ0n) is 20.9. The first-order valence-electron chi connectivity index (χ1n) is 12.7. The maximum absolute atomic E-state index is 4.75. The number of aromatic nitrogens is 4. The van der Waals surface area contributed by atoms with Gasteiger partial charge in [-0.05, 0) is 0 Å². The third-order valence-corrected chi connectivity index (χ3v) is 21.5. The van der Waals surface area contributed by atoms with Gasteiger partial charge in [-0.15, -0.1) is 0 Å². The summed E-state index contributed by atoms with van der Waals surface area (Å²) in [6.07, 6.45) is 0. The van der Waals surface area contributed by atoms with E-state index in [1.165, 1.54) is 76.3 Å². The van der Waals surface area contributed by atoms with E-state index in [0.29, 0.717) is 0 Å². The summed E-state index contributed by atoms with van der Waals surface area (Å²) >= 11 is 4.02. The van der Waals surface area contributed by atoms with Gasteiger partial charge in [0.1, 0.15) is 0 Å². The van der Waals surface area contributed by atoms with Gasteiger partial charge in [0.25, 0.3) is 0 Å². The molecule has 0 N–H and O–H groups in total. The van der Waals surface area contributed by atoms with Crippen molar-refractivity contribution in [2.75, 3.05) is 0 Å². The van der Waals surface area contributed by atoms with Gasteiger partial charge in [-0.3, -0.25) is 0 Å². The molecule has 1 aliphatic heterocycles. The van der Waals surface area contributed by atoms with Gasteiger partial charge < -0.3 is 0 Å². The second-order valence-electron chi connectivity index (χ2n) is 10.5. The van der Waals surface area contributed by atoms with Crippen molar-refractivity contribution >= 4 is 111 Å². The molecule has 5 heterocycles. The Bertz CT molecular complexity index is 2130. The van der Waals surface area contributed by atoms with Crippen LogP contribution in [-0.4, -0.2) is 30.8 Å². The van der Waals surface area contributed by atoms with E-state index in [4.69, 9.17) is 8.75 Å². The Balaban J connectivity index is 1.29. The summed E-state index contributed by atoms with van der Waals surface area (Å²) in [6, 6.07) is 26.6. The molecule has 0 bridgehead atoms. The fourth-order valence-electron chi connectivity index (χ4n) is 6.12. The minimum atomic E-state index is -2.51. The topological polar surface area (TPSA) is 51.6 Å². The second-order valence-corrected chi connectivity index (χ2v) is 23.5. The fraction of sp³-hybridized carbons (Fsp3) is 0.0667. The van der Waals surface area contributed by atoms with Crippen molar-refractivity contribution in [3.63, 3.8) is 0 Å². The molecule has 0 radical (unpaired) electrons. The third-order valence-electron chi connectivity index (χ3n) is 7.99. The average Bonchev–Trinajstić information content (AvgIpc) is 3.76. The van der Waals surface area contributed by atoms with Gasteiger partial charge in [0.05, 0.1) is 0 Å². The monoisotopic (exact) mass is 636 g/mol. The van der Waals surface area contributed by atoms with Gasteiger partial charge in [0.15, 0.2) is 0 Å². The summed E-state index contributed by atoms with van der Waals surface area (Å²) in [5.74, 6) is 5.10. The number of hydrogen-bond acceptors (Lipinski definition) is 8. The van der Waals surface area contributed by atoms with Crippen molar-refractivity contribution in [2.45, 2.75) is 11.5 Å². The molecule has 0 saturated carbocycles. The summed E-state index contributed by atoms with van der Waals surface area (Å²) in [5.41, 5.74) is 7.91. The Morgan fingerprint density at radius 2 is 1.18 bits per heavy atom. The van der Waals surface area contributed by atoms with Crippen LogP contribution in [0.25, 0.3) is 74.9 Å². The van der Waals surface area contributed by atoms with Crippen LogP contribution in [0, 0.1) is 0 Å². The van der Waals surface area contributed by atoms with Crippen LogP contribution < -0.4 is 8.11 Å². The van der Waals surface area contributed by atoms with Gasteiger partial charge in [0.2, 0.25) is 0 Å². The summed E-state index contributed by atoms with van der Waals surface area (Å²) in [7, 11) is 0. The van der Waals surface area contributed by atoms with Crippen LogP contribution in [0.1, 0.15) is 0 Å². The Morgan fingerprint density at radius 3 is 1.79 bits per heavy atom. The molecule has 8 aromatic rings. The molecule has 4 aromatic carbocycles. The van der Waals surface area contributed by atoms with Crippen LogP contribution in [-0.2, 0) is 0 Å². The van der Waals surface area contributed by atoms with Crippen LogP contribution in [0.4, 0.5) is 0 Å². The van der Waals surface area contributed by atoms with Crippen LogP contribution in [0.15, 0.2) is 72.8 Å². The summed E-state index contributed by atoms with van der Waals surface area (Å²) in [5, 5.41) is 4.95. The Labute approximate surface area is 242 Å². The van der Waals surface area contributed by atoms with Crippen molar-refractivity contribution in [1.29, 1.82) is 0 Å². The Morgan fingerprint density at radius 1 is 0.615 bits per heavy atom. The van der Waals surface area contributed by atoms with Crippen LogP contribution in [0.3, 0.4) is 0 Å². The summed E-state index contributed by atoms with van der Waals surface area (Å²) < 4.78 is 21.9. The summed E-state index contributed by atoms with van der Waals surface area (Å²) in [4.78, 5) is 4.07. The van der Waals surface area contributed by atoms with Gasteiger partial charge in [-0.2, -0.15) is 0 Å². The summed E-state index contributed by atoms with van der Waals surface area (Å²) in [6.45, 7) is 0. The van der Waals surface area contributed by atoms with Crippen LogP contribution >= 0.6 is 46.1 Å². The van der Waals surface area contributed by atoms with Gasteiger partial charge in [0, 0.05) is 0 Å². The number of rotatable bonds is 2. The molecule has 0 spiro atoms. The molecule has 0 aliphatic carbocycles. The molecule has 0 saturated heterocycles. The zero-order valence-corrected chi connectivity index (χ0v) is 26.2. The fourth-order valence-corrected chi connectivity index (χ4v) is 19.4. The molecular weight excluding hydrogens is 617 g/mol. The van der Waals surface area contributed by atoms with E-state index in [2.05, 4.69) is 93.1 Å². The van der Waals surface area contributed by atoms with Gasteiger partial charge in [-0.1, -0.05) is 0 Å². The first-order valence-corrected chi connectivity index (χ1v) is 22.0. The Kier molecular flexibility index (Phi) is 4.68. The number of fused-ring (bicyclic) bond motifs is 7. The molecule has 0 atom stereocenters. The molecule has 9 heteroatoms. The predicted molar refractivity (Wildman–Crippen MR) is 172 cm³/mol. The van der Waals surface area contributed by atoms with E-state index >= 15 is 0 Å². The van der Waals surface area contributed by atoms with Gasteiger partial charge in [-0.25, -0.2) is 0 Å². The van der Waals surface area contributed by atoms with E-state index in [9.17, 15) is 0 Å². The van der Waals surface area contributed by atoms with Crippen molar-refractivity contribution in [2.24, 2.45) is 0 Å². The molecule has 4 aromatic heterocycles. The molecule has 0 unspecified atom stereocenters. The van der Waals surface area contributed by atoms with Crippen molar-refractivity contribution in [1.82, 2.24) is 17.5 Å². The molecule has 4 nitrogen and oxygen atoms in total. The molecular formula is C30H18GeN4S4. The average molecular weight is 635 g/mol. The molecule has 0 amide bonds. The third kappa shape index (κ3) is 3.09. The SMILES string of the molecule is [CH3][Ge]1([CH3])[c]2cc(-c3c4ccccc4cc4nsnc34)sc2-c2cc(-c3c4ccccc4cc4nsnc34)s[c]21. The maximum atomic E-state index is 4.75. The van der Waals surface area contributed by atoms with Crippen LogP contribution in [0.2, 0.25) is 11.5 Å². The number of nitrogens with zero attached hydrogens (tertiary/aromatic N) is 4. The molecule has 39 heavy (non-hydrogen) atoms. The molecule has 0 fully saturated rings. The van der Waals surface area contributed by atoms with Crippen LogP contribution in [0.5, 0.6) is 0 Å². The normalized spacial score (nSPS) is 14.1. The second kappa shape index (κ2) is 8.02. The number of hydrogen-bond donors (Lipinski definition) is 0. The van der Waals surface area contributed by atoms with E-state index < -0.39 is 13.3 Å². The van der Waals surface area contributed by atoms with E-state index in [0.717, 1.165) is 22.1 Å². The first kappa shape index (κ1) is 22.8.